The lowest BCUT2D eigenvalue weighted by atomic mass is 10.1. The third-order valence-electron chi connectivity index (χ3n) is 5.36. The van der Waals surface area contributed by atoms with E-state index in [9.17, 15) is 18.4 Å². The largest absolute Gasteiger partial charge is 0.535 e. The lowest BCUT2D eigenvalue weighted by Crippen LogP contribution is -2.39. The van der Waals surface area contributed by atoms with Gasteiger partial charge in [0.05, 0.1) is 5.56 Å². The molecule has 0 unspecified atom stereocenters. The Balaban J connectivity index is 1.65. The Hall–Kier alpha value is -4.09. The smallest absolute Gasteiger partial charge is 0.409 e. The van der Waals surface area contributed by atoms with Crippen molar-refractivity contribution in [2.75, 3.05) is 30.2 Å². The van der Waals surface area contributed by atoms with Crippen molar-refractivity contribution in [1.82, 2.24) is 4.98 Å². The van der Waals surface area contributed by atoms with Crippen molar-refractivity contribution in [2.24, 2.45) is 0 Å². The Morgan fingerprint density at radius 1 is 0.946 bits per heavy atom. The minimum atomic E-state index is -3.75. The molecule has 0 aliphatic heterocycles. The lowest BCUT2D eigenvalue weighted by Gasteiger charge is -2.21. The molecule has 0 saturated heterocycles. The molecule has 11 heteroatoms. The predicted molar refractivity (Wildman–Crippen MR) is 135 cm³/mol. The Morgan fingerprint density at radius 2 is 1.65 bits per heavy atom. The number of carbonyl (C=O) groups excluding carboxylic acids is 2. The number of ether oxygens (including phenoxy) is 3. The average Bonchev–Trinajstić information content (AvgIpc) is 2.88. The van der Waals surface area contributed by atoms with E-state index in [0.717, 1.165) is 12.7 Å². The highest BCUT2D eigenvalue weighted by Gasteiger charge is 2.31. The number of nitrogens with one attached hydrogen (secondary N) is 3. The summed E-state index contributed by atoms with van der Waals surface area (Å²) < 4.78 is 40.0. The second kappa shape index (κ2) is 11.8. The van der Waals surface area contributed by atoms with Crippen molar-refractivity contribution in [3.8, 4) is 5.75 Å². The summed E-state index contributed by atoms with van der Waals surface area (Å²) >= 11 is 0. The number of amides is 2. The van der Waals surface area contributed by atoms with Gasteiger partial charge in [-0.25, -0.2) is 4.98 Å². The fourth-order valence-electron chi connectivity index (χ4n) is 3.03. The monoisotopic (exact) mass is 514 g/mol. The first kappa shape index (κ1) is 27.5. The number of methoxy groups -OCH3 is 2. The zero-order valence-electron chi connectivity index (χ0n) is 20.8. The molecule has 0 saturated carbocycles. The van der Waals surface area contributed by atoms with Crippen molar-refractivity contribution in [3.05, 3.63) is 78.0 Å². The molecule has 9 nitrogen and oxygen atoms in total. The summed E-state index contributed by atoms with van der Waals surface area (Å²) in [6.07, 6.45) is -2.18. The van der Waals surface area contributed by atoms with Gasteiger partial charge < -0.3 is 25.4 Å². The Bertz CT molecular complexity index is 1240. The standard InChI is InChI=1S/C26H28F2N4O5/c1-25(2,35-3)24(34)32-22-15-17(13-14-29-22)16-30-21-8-6-5-7-20(21)23(33)31-18-9-11-19(12-10-18)37-26(27,28)36-4/h5-15,30H,16H2,1-4H3,(H,31,33)(H,29,32,34). The molecule has 0 aliphatic rings. The van der Waals surface area contributed by atoms with E-state index in [1.54, 1.807) is 56.4 Å². The molecule has 196 valence electrons. The molecule has 0 fully saturated rings. The number of halogens is 2. The maximum absolute atomic E-state index is 13.2. The summed E-state index contributed by atoms with van der Waals surface area (Å²) in [6.45, 7) is 3.65. The first-order chi connectivity index (χ1) is 17.5. The van der Waals surface area contributed by atoms with Gasteiger partial charge in [-0.3, -0.25) is 14.3 Å². The fraction of sp³-hybridized carbons (Fsp3) is 0.269. The molecule has 3 N–H and O–H groups in total. The van der Waals surface area contributed by atoms with Gasteiger partial charge in [-0.05, 0) is 67.9 Å². The molecule has 0 spiro atoms. The van der Waals surface area contributed by atoms with Gasteiger partial charge in [0.15, 0.2) is 0 Å². The number of pyridine rings is 1. The summed E-state index contributed by atoms with van der Waals surface area (Å²) in [4.78, 5) is 29.4. The van der Waals surface area contributed by atoms with Gasteiger partial charge in [0.2, 0.25) is 0 Å². The highest BCUT2D eigenvalue weighted by atomic mass is 19.3. The van der Waals surface area contributed by atoms with Gasteiger partial charge in [-0.15, -0.1) is 8.78 Å². The van der Waals surface area contributed by atoms with Gasteiger partial charge in [-0.2, -0.15) is 0 Å². The van der Waals surface area contributed by atoms with E-state index in [-0.39, 0.29) is 11.7 Å². The third-order valence-corrected chi connectivity index (χ3v) is 5.36. The summed E-state index contributed by atoms with van der Waals surface area (Å²) in [7, 11) is 2.28. The Kier molecular flexibility index (Phi) is 8.74. The van der Waals surface area contributed by atoms with Crippen LogP contribution in [0.2, 0.25) is 0 Å². The number of anilines is 3. The van der Waals surface area contributed by atoms with Crippen LogP contribution >= 0.6 is 0 Å². The average molecular weight is 515 g/mol. The normalized spacial score (nSPS) is 11.5. The van der Waals surface area contributed by atoms with E-state index in [2.05, 4.69) is 30.4 Å². The van der Waals surface area contributed by atoms with Crippen LogP contribution in [0.4, 0.5) is 26.0 Å². The summed E-state index contributed by atoms with van der Waals surface area (Å²) in [6, 6.07) is 15.9. The van der Waals surface area contributed by atoms with Crippen LogP contribution in [0, 0.1) is 0 Å². The van der Waals surface area contributed by atoms with Crippen molar-refractivity contribution >= 4 is 29.0 Å². The van der Waals surface area contributed by atoms with Gasteiger partial charge in [0.25, 0.3) is 11.8 Å². The predicted octanol–water partition coefficient (Wildman–Crippen LogP) is 4.89. The number of aromatic nitrogens is 1. The van der Waals surface area contributed by atoms with Crippen LogP contribution < -0.4 is 20.7 Å². The molecule has 2 aromatic carbocycles. The fourth-order valence-corrected chi connectivity index (χ4v) is 3.03. The van der Waals surface area contributed by atoms with Gasteiger partial charge in [-0.1, -0.05) is 12.1 Å². The van der Waals surface area contributed by atoms with E-state index in [1.807, 2.05) is 0 Å². The molecule has 3 rings (SSSR count). The maximum atomic E-state index is 13.2. The van der Waals surface area contributed by atoms with E-state index in [4.69, 9.17) is 4.74 Å². The molecular formula is C26H28F2N4O5. The number of benzene rings is 2. The zero-order valence-corrected chi connectivity index (χ0v) is 20.8. The topological polar surface area (TPSA) is 111 Å². The number of hydrogen-bond donors (Lipinski definition) is 3. The Labute approximate surface area is 213 Å². The van der Waals surface area contributed by atoms with Crippen LogP contribution in [-0.2, 0) is 20.8 Å². The number of carbonyl (C=O) groups is 2. The Morgan fingerprint density at radius 3 is 2.32 bits per heavy atom. The molecule has 1 aromatic heterocycles. The number of nitrogens with zero attached hydrogens (tertiary/aromatic N) is 1. The van der Waals surface area contributed by atoms with E-state index in [0.29, 0.717) is 29.3 Å². The van der Waals surface area contributed by atoms with Crippen molar-refractivity contribution < 1.29 is 32.6 Å². The molecule has 1 heterocycles. The number of hydrogen-bond acceptors (Lipinski definition) is 7. The molecule has 0 atom stereocenters. The van der Waals surface area contributed by atoms with Crippen LogP contribution in [0.15, 0.2) is 66.9 Å². The quantitative estimate of drug-likeness (QED) is 0.313. The molecular weight excluding hydrogens is 486 g/mol. The first-order valence-electron chi connectivity index (χ1n) is 11.2. The molecule has 0 bridgehead atoms. The molecule has 0 aliphatic carbocycles. The summed E-state index contributed by atoms with van der Waals surface area (Å²) in [5, 5.41) is 8.67. The second-order valence-corrected chi connectivity index (χ2v) is 8.37. The first-order valence-corrected chi connectivity index (χ1v) is 11.2. The minimum absolute atomic E-state index is 0.120. The van der Waals surface area contributed by atoms with Crippen LogP contribution in [0.25, 0.3) is 0 Å². The van der Waals surface area contributed by atoms with Crippen molar-refractivity contribution in [1.29, 1.82) is 0 Å². The molecule has 37 heavy (non-hydrogen) atoms. The van der Waals surface area contributed by atoms with Crippen LogP contribution in [0.5, 0.6) is 5.75 Å². The SMILES string of the molecule is COC(F)(F)Oc1ccc(NC(=O)c2ccccc2NCc2ccnc(NC(=O)C(C)(C)OC)c2)cc1. The highest BCUT2D eigenvalue weighted by Crippen LogP contribution is 2.25. The van der Waals surface area contributed by atoms with E-state index >= 15 is 0 Å². The van der Waals surface area contributed by atoms with Crippen LogP contribution in [0.1, 0.15) is 29.8 Å². The van der Waals surface area contributed by atoms with Crippen LogP contribution in [0.3, 0.4) is 0 Å². The van der Waals surface area contributed by atoms with Gasteiger partial charge in [0.1, 0.15) is 17.2 Å². The van der Waals surface area contributed by atoms with E-state index in [1.165, 1.54) is 31.4 Å². The maximum Gasteiger partial charge on any atom is 0.535 e. The minimum Gasteiger partial charge on any atom is -0.409 e. The van der Waals surface area contributed by atoms with Crippen molar-refractivity contribution in [3.63, 3.8) is 0 Å². The lowest BCUT2D eigenvalue weighted by molar-refractivity contribution is -0.342. The van der Waals surface area contributed by atoms with Crippen molar-refractivity contribution in [2.45, 2.75) is 32.3 Å². The molecule has 2 amide bonds. The van der Waals surface area contributed by atoms with Crippen LogP contribution in [-0.4, -0.2) is 42.9 Å². The summed E-state index contributed by atoms with van der Waals surface area (Å²) in [5.74, 6) is -0.480. The molecule has 3 aromatic rings. The number of para-hydroxylation sites is 1. The zero-order chi connectivity index (χ0) is 27.1. The second-order valence-electron chi connectivity index (χ2n) is 8.37. The van der Waals surface area contributed by atoms with Gasteiger partial charge in [0, 0.05) is 38.3 Å². The van der Waals surface area contributed by atoms with E-state index < -0.39 is 17.8 Å². The number of alkyl halides is 2. The molecule has 0 radical (unpaired) electrons. The number of rotatable bonds is 11. The van der Waals surface area contributed by atoms with Gasteiger partial charge >= 0.3 is 6.29 Å². The third kappa shape index (κ3) is 7.69. The summed E-state index contributed by atoms with van der Waals surface area (Å²) in [5.41, 5.74) is 1.14. The highest BCUT2D eigenvalue weighted by molar-refractivity contribution is 6.08.